The molecule has 1 N–H and O–H groups in total. The van der Waals surface area contributed by atoms with E-state index in [1.807, 2.05) is 0 Å². The first kappa shape index (κ1) is 19.0. The summed E-state index contributed by atoms with van der Waals surface area (Å²) in [6.07, 6.45) is 0. The van der Waals surface area contributed by atoms with E-state index in [-0.39, 0.29) is 0 Å². The number of carbonyl (C=O) groups is 1. The van der Waals surface area contributed by atoms with Crippen LogP contribution < -0.4 is 5.32 Å². The zero-order chi connectivity index (χ0) is 18.0. The van der Waals surface area contributed by atoms with Crippen LogP contribution in [0.2, 0.25) is 0 Å². The minimum absolute atomic E-state index is 0.461. The summed E-state index contributed by atoms with van der Waals surface area (Å²) in [5.74, 6) is -1.66. The molecular formula is C13H18FN3O5S. The number of hydrogen-bond acceptors (Lipinski definition) is 5. The molecule has 1 amide bonds. The number of rotatable bonds is 5. The first-order valence-corrected chi connectivity index (χ1v) is 8.00. The summed E-state index contributed by atoms with van der Waals surface area (Å²) < 4.78 is 38.7. The topological polar surface area (TPSA) is 110 Å². The highest BCUT2D eigenvalue weighted by Gasteiger charge is 2.27. The van der Waals surface area contributed by atoms with Crippen molar-refractivity contribution in [2.45, 2.75) is 31.2 Å². The molecule has 0 bridgehead atoms. The Hall–Kier alpha value is -2.07. The van der Waals surface area contributed by atoms with Crippen LogP contribution in [0.15, 0.2) is 23.1 Å². The van der Waals surface area contributed by atoms with Gasteiger partial charge in [-0.15, -0.1) is 0 Å². The smallest absolute Gasteiger partial charge is 0.306 e. The van der Waals surface area contributed by atoms with E-state index in [1.165, 1.54) is 0 Å². The van der Waals surface area contributed by atoms with E-state index in [4.69, 9.17) is 0 Å². The van der Waals surface area contributed by atoms with Gasteiger partial charge in [0, 0.05) is 18.7 Å². The van der Waals surface area contributed by atoms with Crippen molar-refractivity contribution < 1.29 is 22.5 Å². The lowest BCUT2D eigenvalue weighted by atomic mass is 10.1. The molecule has 0 aliphatic carbocycles. The van der Waals surface area contributed by atoms with Crippen LogP contribution in [0.1, 0.15) is 20.8 Å². The Morgan fingerprint density at radius 3 is 2.43 bits per heavy atom. The third kappa shape index (κ3) is 4.96. The van der Waals surface area contributed by atoms with Crippen LogP contribution in [-0.4, -0.2) is 42.7 Å². The molecule has 0 saturated heterocycles. The molecule has 0 unspecified atom stereocenters. The molecular weight excluding hydrogens is 329 g/mol. The van der Waals surface area contributed by atoms with Crippen LogP contribution in [0.3, 0.4) is 0 Å². The van der Waals surface area contributed by atoms with Crippen molar-refractivity contribution in [3.63, 3.8) is 0 Å². The lowest BCUT2D eigenvalue weighted by Crippen LogP contribution is -2.46. The van der Waals surface area contributed by atoms with Gasteiger partial charge in [-0.3, -0.25) is 14.9 Å². The number of likely N-dealkylation sites (N-methyl/N-ethyl adjacent to an activating group) is 1. The molecule has 1 rings (SSSR count). The molecule has 128 valence electrons. The number of halogens is 1. The summed E-state index contributed by atoms with van der Waals surface area (Å²) in [5, 5.41) is 13.3. The summed E-state index contributed by atoms with van der Waals surface area (Å²) in [6.45, 7) is 4.75. The van der Waals surface area contributed by atoms with Gasteiger partial charge in [-0.25, -0.2) is 8.42 Å². The van der Waals surface area contributed by atoms with Gasteiger partial charge in [-0.1, -0.05) is 0 Å². The van der Waals surface area contributed by atoms with Crippen LogP contribution in [0.5, 0.6) is 0 Å². The fourth-order valence-corrected chi connectivity index (χ4v) is 2.87. The second-order valence-electron chi connectivity index (χ2n) is 5.93. The van der Waals surface area contributed by atoms with E-state index < -0.39 is 49.3 Å². The van der Waals surface area contributed by atoms with Gasteiger partial charge in [-0.05, 0) is 32.9 Å². The number of nitrogens with zero attached hydrogens (tertiary/aromatic N) is 2. The van der Waals surface area contributed by atoms with Crippen molar-refractivity contribution in [2.24, 2.45) is 0 Å². The predicted molar refractivity (Wildman–Crippen MR) is 80.8 cm³/mol. The minimum atomic E-state index is -4.16. The van der Waals surface area contributed by atoms with Crippen LogP contribution in [0.4, 0.5) is 10.1 Å². The van der Waals surface area contributed by atoms with Crippen molar-refractivity contribution in [1.82, 2.24) is 9.62 Å². The van der Waals surface area contributed by atoms with E-state index in [2.05, 4.69) is 5.32 Å². The number of carbonyl (C=O) groups excluding carboxylic acids is 1. The number of nitro benzene ring substituents is 1. The van der Waals surface area contributed by atoms with Crippen LogP contribution in [0.25, 0.3) is 0 Å². The highest BCUT2D eigenvalue weighted by atomic mass is 32.2. The van der Waals surface area contributed by atoms with Gasteiger partial charge in [-0.2, -0.15) is 8.70 Å². The standard InChI is InChI=1S/C13H18FN3O5S/c1-13(2,3)15-12(18)8-16(4)23(21,22)9-5-6-10(14)11(7-9)17(19)20/h5-7H,8H2,1-4H3,(H,15,18). The van der Waals surface area contributed by atoms with Crippen molar-refractivity contribution >= 4 is 21.6 Å². The zero-order valence-electron chi connectivity index (χ0n) is 13.2. The first-order valence-electron chi connectivity index (χ1n) is 6.56. The molecule has 0 atom stereocenters. The molecule has 0 radical (unpaired) electrons. The van der Waals surface area contributed by atoms with Gasteiger partial charge in [0.15, 0.2) is 0 Å². The first-order chi connectivity index (χ1) is 10.3. The number of nitrogens with one attached hydrogen (secondary N) is 1. The summed E-state index contributed by atoms with van der Waals surface area (Å²) in [4.78, 5) is 21.0. The zero-order valence-corrected chi connectivity index (χ0v) is 14.0. The largest absolute Gasteiger partial charge is 0.350 e. The number of hydrogen-bond donors (Lipinski definition) is 1. The lowest BCUT2D eigenvalue weighted by Gasteiger charge is -2.23. The maximum atomic E-state index is 13.3. The Balaban J connectivity index is 3.05. The molecule has 0 aliphatic heterocycles. The van der Waals surface area contributed by atoms with Gasteiger partial charge in [0.25, 0.3) is 0 Å². The highest BCUT2D eigenvalue weighted by Crippen LogP contribution is 2.23. The SMILES string of the molecule is CN(CC(=O)NC(C)(C)C)S(=O)(=O)c1ccc(F)c([N+](=O)[O-])c1. The Bertz CT molecular complexity index is 728. The van der Waals surface area contributed by atoms with Crippen LogP contribution in [0, 0.1) is 15.9 Å². The van der Waals surface area contributed by atoms with Crippen molar-refractivity contribution in [3.8, 4) is 0 Å². The van der Waals surface area contributed by atoms with E-state index in [0.29, 0.717) is 12.1 Å². The number of amides is 1. The number of sulfonamides is 1. The average Bonchev–Trinajstić information content (AvgIpc) is 2.35. The molecule has 0 spiro atoms. The van der Waals surface area contributed by atoms with Crippen molar-refractivity contribution in [2.75, 3.05) is 13.6 Å². The fraction of sp³-hybridized carbons (Fsp3) is 0.462. The van der Waals surface area contributed by atoms with E-state index in [9.17, 15) is 27.7 Å². The Morgan fingerprint density at radius 2 is 1.96 bits per heavy atom. The average molecular weight is 347 g/mol. The fourth-order valence-electron chi connectivity index (χ4n) is 1.72. The number of benzene rings is 1. The Kier molecular flexibility index (Phi) is 5.43. The summed E-state index contributed by atoms with van der Waals surface area (Å²) >= 11 is 0. The van der Waals surface area contributed by atoms with Gasteiger partial charge < -0.3 is 5.32 Å². The molecule has 0 aromatic heterocycles. The second kappa shape index (κ2) is 6.59. The molecule has 0 saturated carbocycles. The number of nitro groups is 1. The normalized spacial score (nSPS) is 12.3. The second-order valence-corrected chi connectivity index (χ2v) is 7.97. The molecule has 0 aliphatic rings. The predicted octanol–water partition coefficient (Wildman–Crippen LogP) is 1.27. The van der Waals surface area contributed by atoms with E-state index >= 15 is 0 Å². The molecule has 1 aromatic carbocycles. The van der Waals surface area contributed by atoms with E-state index in [0.717, 1.165) is 17.4 Å². The summed E-state index contributed by atoms with van der Waals surface area (Å²) in [7, 11) is -3.00. The molecule has 1 aromatic rings. The van der Waals surface area contributed by atoms with Crippen LogP contribution >= 0.6 is 0 Å². The van der Waals surface area contributed by atoms with Crippen LogP contribution in [-0.2, 0) is 14.8 Å². The van der Waals surface area contributed by atoms with Crippen molar-refractivity contribution in [1.29, 1.82) is 0 Å². The molecule has 0 heterocycles. The van der Waals surface area contributed by atoms with Crippen molar-refractivity contribution in [3.05, 3.63) is 34.1 Å². The maximum Gasteiger partial charge on any atom is 0.306 e. The Morgan fingerprint density at radius 1 is 1.39 bits per heavy atom. The van der Waals surface area contributed by atoms with Gasteiger partial charge >= 0.3 is 5.69 Å². The molecule has 23 heavy (non-hydrogen) atoms. The minimum Gasteiger partial charge on any atom is -0.350 e. The molecule has 0 fully saturated rings. The monoisotopic (exact) mass is 347 g/mol. The Labute approximate surface area is 133 Å². The van der Waals surface area contributed by atoms with Gasteiger partial charge in [0.05, 0.1) is 16.4 Å². The quantitative estimate of drug-likeness (QED) is 0.637. The third-order valence-corrected chi connectivity index (χ3v) is 4.50. The molecule has 8 nitrogen and oxygen atoms in total. The van der Waals surface area contributed by atoms with E-state index in [1.54, 1.807) is 20.8 Å². The van der Waals surface area contributed by atoms with Gasteiger partial charge in [0.2, 0.25) is 21.7 Å². The molecule has 10 heteroatoms. The maximum absolute atomic E-state index is 13.3. The highest BCUT2D eigenvalue weighted by molar-refractivity contribution is 7.89. The lowest BCUT2D eigenvalue weighted by molar-refractivity contribution is -0.387. The van der Waals surface area contributed by atoms with Gasteiger partial charge in [0.1, 0.15) is 0 Å². The summed E-state index contributed by atoms with van der Waals surface area (Å²) in [6, 6.07) is 2.24. The third-order valence-electron chi connectivity index (χ3n) is 2.70. The summed E-state index contributed by atoms with van der Waals surface area (Å²) in [5.41, 5.74) is -1.48.